The highest BCUT2D eigenvalue weighted by molar-refractivity contribution is 5.81. The molecular weight excluding hydrogens is 415 g/mol. The number of nitrogens with one attached hydrogen (secondary N) is 1. The van der Waals surface area contributed by atoms with Crippen molar-refractivity contribution in [1.82, 2.24) is 24.9 Å². The predicted molar refractivity (Wildman–Crippen MR) is 128 cm³/mol. The van der Waals surface area contributed by atoms with Crippen molar-refractivity contribution < 1.29 is 4.39 Å². The number of anilines is 1. The fourth-order valence-corrected chi connectivity index (χ4v) is 5.34. The molecule has 168 valence electrons. The third kappa shape index (κ3) is 3.76. The highest BCUT2D eigenvalue weighted by Gasteiger charge is 2.36. The standard InChI is InChI=1S/C26H27FN6/c27-21-4-2-19(3-5-21)24-25(20-8-14-28-15-9-20)33-22(30-24)6-7-23(31-33)32-16-11-26(12-17-32)10-1-13-29-18-26/h2-9,14-15,29H,1,10-13,16-18H2. The maximum absolute atomic E-state index is 13.6. The molecule has 2 aliphatic heterocycles. The molecule has 0 amide bonds. The van der Waals surface area contributed by atoms with Gasteiger partial charge in [-0.15, -0.1) is 5.10 Å². The summed E-state index contributed by atoms with van der Waals surface area (Å²) in [6.45, 7) is 4.33. The van der Waals surface area contributed by atoms with Crippen LogP contribution in [0, 0.1) is 11.2 Å². The molecule has 0 radical (unpaired) electrons. The van der Waals surface area contributed by atoms with Gasteiger partial charge in [0.2, 0.25) is 0 Å². The molecule has 5 heterocycles. The van der Waals surface area contributed by atoms with Gasteiger partial charge in [-0.3, -0.25) is 4.98 Å². The van der Waals surface area contributed by atoms with Gasteiger partial charge in [-0.25, -0.2) is 13.9 Å². The minimum absolute atomic E-state index is 0.260. The van der Waals surface area contributed by atoms with Gasteiger partial charge in [-0.1, -0.05) is 0 Å². The third-order valence-corrected chi connectivity index (χ3v) is 7.24. The lowest BCUT2D eigenvalue weighted by atomic mass is 9.73. The van der Waals surface area contributed by atoms with Gasteiger partial charge < -0.3 is 10.2 Å². The molecule has 7 heteroatoms. The summed E-state index contributed by atoms with van der Waals surface area (Å²) in [5.74, 6) is 0.712. The van der Waals surface area contributed by atoms with E-state index in [1.165, 1.54) is 37.8 Å². The molecular formula is C26H27FN6. The number of rotatable bonds is 3. The van der Waals surface area contributed by atoms with E-state index in [9.17, 15) is 4.39 Å². The van der Waals surface area contributed by atoms with E-state index in [4.69, 9.17) is 10.1 Å². The van der Waals surface area contributed by atoms with E-state index in [-0.39, 0.29) is 5.82 Å². The molecule has 0 bridgehead atoms. The normalized spacial score (nSPS) is 18.2. The molecule has 2 aliphatic rings. The van der Waals surface area contributed by atoms with Crippen LogP contribution in [0.15, 0.2) is 60.9 Å². The summed E-state index contributed by atoms with van der Waals surface area (Å²) in [6.07, 6.45) is 8.55. The molecule has 6 rings (SSSR count). The highest BCUT2D eigenvalue weighted by atomic mass is 19.1. The van der Waals surface area contributed by atoms with Crippen LogP contribution < -0.4 is 10.2 Å². The van der Waals surface area contributed by atoms with Crippen LogP contribution in [0.1, 0.15) is 25.7 Å². The Bertz CT molecular complexity index is 1250. The zero-order chi connectivity index (χ0) is 22.3. The lowest BCUT2D eigenvalue weighted by Gasteiger charge is -2.44. The summed E-state index contributed by atoms with van der Waals surface area (Å²) < 4.78 is 15.5. The molecule has 6 nitrogen and oxygen atoms in total. The van der Waals surface area contributed by atoms with Gasteiger partial charge in [0, 0.05) is 43.2 Å². The van der Waals surface area contributed by atoms with Crippen LogP contribution in [0.25, 0.3) is 28.2 Å². The van der Waals surface area contributed by atoms with Gasteiger partial charge >= 0.3 is 0 Å². The molecule has 1 N–H and O–H groups in total. The van der Waals surface area contributed by atoms with Gasteiger partial charge in [-0.05, 0) is 86.2 Å². The first-order valence-corrected chi connectivity index (χ1v) is 11.7. The van der Waals surface area contributed by atoms with Gasteiger partial charge in [0.05, 0.1) is 5.69 Å². The number of aromatic nitrogens is 4. The molecule has 1 aromatic carbocycles. The van der Waals surface area contributed by atoms with Crippen molar-refractivity contribution in [1.29, 1.82) is 0 Å². The summed E-state index contributed by atoms with van der Waals surface area (Å²) in [5.41, 5.74) is 4.75. The minimum atomic E-state index is -0.260. The van der Waals surface area contributed by atoms with Crippen molar-refractivity contribution in [3.63, 3.8) is 0 Å². The second-order valence-electron chi connectivity index (χ2n) is 9.28. The number of nitrogens with zero attached hydrogens (tertiary/aromatic N) is 5. The van der Waals surface area contributed by atoms with Gasteiger partial charge in [-0.2, -0.15) is 0 Å². The Hall–Kier alpha value is -3.32. The van der Waals surface area contributed by atoms with Crippen molar-refractivity contribution in [3.8, 4) is 22.5 Å². The summed E-state index contributed by atoms with van der Waals surface area (Å²) in [6, 6.07) is 14.5. The fourth-order valence-electron chi connectivity index (χ4n) is 5.34. The van der Waals surface area contributed by atoms with Crippen molar-refractivity contribution in [2.75, 3.05) is 31.1 Å². The van der Waals surface area contributed by atoms with E-state index in [1.54, 1.807) is 24.5 Å². The first-order valence-electron chi connectivity index (χ1n) is 11.7. The Morgan fingerprint density at radius 2 is 1.67 bits per heavy atom. The van der Waals surface area contributed by atoms with E-state index in [0.717, 1.165) is 60.2 Å². The van der Waals surface area contributed by atoms with Crippen LogP contribution in [0.4, 0.5) is 10.2 Å². The fraction of sp³-hybridized carbons (Fsp3) is 0.346. The van der Waals surface area contributed by atoms with E-state index < -0.39 is 0 Å². The van der Waals surface area contributed by atoms with Crippen molar-refractivity contribution >= 4 is 11.5 Å². The molecule has 0 saturated carbocycles. The lowest BCUT2D eigenvalue weighted by molar-refractivity contribution is 0.161. The largest absolute Gasteiger partial charge is 0.355 e. The Kier molecular flexibility index (Phi) is 5.06. The summed E-state index contributed by atoms with van der Waals surface area (Å²) in [7, 11) is 0. The molecule has 2 fully saturated rings. The van der Waals surface area contributed by atoms with Gasteiger partial charge in [0.25, 0.3) is 0 Å². The Morgan fingerprint density at radius 3 is 2.39 bits per heavy atom. The monoisotopic (exact) mass is 442 g/mol. The quantitative estimate of drug-likeness (QED) is 0.504. The zero-order valence-electron chi connectivity index (χ0n) is 18.5. The van der Waals surface area contributed by atoms with E-state index in [1.807, 2.05) is 22.7 Å². The third-order valence-electron chi connectivity index (χ3n) is 7.24. The van der Waals surface area contributed by atoms with Crippen molar-refractivity contribution in [2.24, 2.45) is 5.41 Å². The number of piperidine rings is 2. The summed E-state index contributed by atoms with van der Waals surface area (Å²) in [5, 5.41) is 8.64. The number of benzene rings is 1. The van der Waals surface area contributed by atoms with E-state index >= 15 is 0 Å². The van der Waals surface area contributed by atoms with E-state index in [0.29, 0.717) is 5.41 Å². The number of fused-ring (bicyclic) bond motifs is 1. The number of halogens is 1. The molecule has 0 unspecified atom stereocenters. The van der Waals surface area contributed by atoms with Crippen LogP contribution in [0.3, 0.4) is 0 Å². The maximum Gasteiger partial charge on any atom is 0.155 e. The molecule has 1 spiro atoms. The van der Waals surface area contributed by atoms with Crippen molar-refractivity contribution in [3.05, 3.63) is 66.7 Å². The molecule has 3 aromatic heterocycles. The van der Waals surface area contributed by atoms with Crippen LogP contribution >= 0.6 is 0 Å². The average Bonchev–Trinajstić information content (AvgIpc) is 3.25. The topological polar surface area (TPSA) is 58.4 Å². The van der Waals surface area contributed by atoms with Crippen molar-refractivity contribution in [2.45, 2.75) is 25.7 Å². The smallest absolute Gasteiger partial charge is 0.155 e. The molecule has 2 saturated heterocycles. The molecule has 0 aliphatic carbocycles. The number of pyridine rings is 1. The van der Waals surface area contributed by atoms with Crippen LogP contribution in [0.2, 0.25) is 0 Å². The Morgan fingerprint density at radius 1 is 0.879 bits per heavy atom. The number of imidazole rings is 1. The zero-order valence-corrected chi connectivity index (χ0v) is 18.5. The summed E-state index contributed by atoms with van der Waals surface area (Å²) in [4.78, 5) is 11.4. The highest BCUT2D eigenvalue weighted by Crippen LogP contribution is 2.39. The van der Waals surface area contributed by atoms with Crippen LogP contribution in [-0.2, 0) is 0 Å². The maximum atomic E-state index is 13.6. The lowest BCUT2D eigenvalue weighted by Crippen LogP contribution is -2.48. The van der Waals surface area contributed by atoms with E-state index in [2.05, 4.69) is 21.3 Å². The second-order valence-corrected chi connectivity index (χ2v) is 9.28. The SMILES string of the molecule is Fc1ccc(-c2nc3ccc(N4CCC5(CCCNC5)CC4)nn3c2-c2ccncc2)cc1. The second kappa shape index (κ2) is 8.23. The first kappa shape index (κ1) is 20.3. The van der Waals surface area contributed by atoms with Crippen LogP contribution in [0.5, 0.6) is 0 Å². The minimum Gasteiger partial charge on any atom is -0.355 e. The Balaban J connectivity index is 1.40. The molecule has 0 atom stereocenters. The van der Waals surface area contributed by atoms with Gasteiger partial charge in [0.1, 0.15) is 17.3 Å². The molecule has 33 heavy (non-hydrogen) atoms. The predicted octanol–water partition coefficient (Wildman–Crippen LogP) is 4.57. The first-order chi connectivity index (χ1) is 16.2. The average molecular weight is 443 g/mol. The molecule has 4 aromatic rings. The number of hydrogen-bond donors (Lipinski definition) is 1. The number of hydrogen-bond acceptors (Lipinski definition) is 5. The summed E-state index contributed by atoms with van der Waals surface area (Å²) >= 11 is 0. The van der Waals surface area contributed by atoms with Crippen LogP contribution in [-0.4, -0.2) is 45.8 Å². The van der Waals surface area contributed by atoms with Gasteiger partial charge in [0.15, 0.2) is 5.65 Å². The Labute approximate surface area is 192 Å².